The molecule has 1 atom stereocenters. The van der Waals surface area contributed by atoms with Crippen LogP contribution in [-0.2, 0) is 14.3 Å². The number of thioether (sulfide) groups is 1. The Kier molecular flexibility index (Phi) is 8.09. The van der Waals surface area contributed by atoms with Gasteiger partial charge in [-0.25, -0.2) is 0 Å². The van der Waals surface area contributed by atoms with Gasteiger partial charge < -0.3 is 19.1 Å². The van der Waals surface area contributed by atoms with Crippen LogP contribution in [-0.4, -0.2) is 50.4 Å². The van der Waals surface area contributed by atoms with E-state index < -0.39 is 0 Å². The molecule has 1 aliphatic rings. The predicted octanol–water partition coefficient (Wildman–Crippen LogP) is 3.77. The van der Waals surface area contributed by atoms with Crippen LogP contribution in [0.4, 0.5) is 0 Å². The summed E-state index contributed by atoms with van der Waals surface area (Å²) < 4.78 is 16.2. The lowest BCUT2D eigenvalue weighted by atomic mass is 10.1. The Bertz CT molecular complexity index is 655. The molecule has 26 heavy (non-hydrogen) atoms. The van der Waals surface area contributed by atoms with Crippen LogP contribution in [0.2, 0.25) is 0 Å². The summed E-state index contributed by atoms with van der Waals surface area (Å²) in [4.78, 5) is 25.4. The van der Waals surface area contributed by atoms with E-state index in [0.717, 1.165) is 29.3 Å². The van der Waals surface area contributed by atoms with E-state index in [9.17, 15) is 9.59 Å². The highest BCUT2D eigenvalue weighted by Gasteiger charge is 2.34. The molecule has 0 radical (unpaired) electrons. The second-order valence-corrected chi connectivity index (χ2v) is 7.79. The van der Waals surface area contributed by atoms with Gasteiger partial charge in [-0.05, 0) is 25.0 Å². The van der Waals surface area contributed by atoms with Gasteiger partial charge in [-0.2, -0.15) is 0 Å². The fraction of sp³-hybridized carbons (Fsp3) is 0.556. The van der Waals surface area contributed by atoms with Crippen LogP contribution < -0.4 is 9.47 Å². The number of carbonyl (C=O) groups excluding carboxylic acids is 2. The number of esters is 1. The van der Waals surface area contributed by atoms with Crippen LogP contribution >= 0.6 is 27.7 Å². The topological polar surface area (TPSA) is 65.1 Å². The zero-order valence-corrected chi connectivity index (χ0v) is 17.7. The van der Waals surface area contributed by atoms with E-state index in [-0.39, 0.29) is 17.3 Å². The zero-order chi connectivity index (χ0) is 19.1. The lowest BCUT2D eigenvalue weighted by Gasteiger charge is -2.26. The van der Waals surface area contributed by atoms with E-state index in [1.54, 1.807) is 26.0 Å². The lowest BCUT2D eigenvalue weighted by molar-refractivity contribution is -0.140. The second-order valence-electron chi connectivity index (χ2n) is 5.87. The number of amides is 1. The molecule has 1 unspecified atom stereocenters. The molecule has 144 valence electrons. The smallest absolute Gasteiger partial charge is 0.305 e. The summed E-state index contributed by atoms with van der Waals surface area (Å²) in [7, 11) is 4.59. The van der Waals surface area contributed by atoms with Gasteiger partial charge in [-0.3, -0.25) is 9.59 Å². The first-order valence-electron chi connectivity index (χ1n) is 8.41. The number of carbonyl (C=O) groups is 2. The molecule has 1 aromatic rings. The van der Waals surface area contributed by atoms with Gasteiger partial charge in [0.2, 0.25) is 5.91 Å². The third-order valence-corrected chi connectivity index (χ3v) is 6.17. The maximum absolute atomic E-state index is 12.3. The van der Waals surface area contributed by atoms with Crippen LogP contribution in [0.5, 0.6) is 11.5 Å². The number of unbranched alkanes of at least 4 members (excludes halogenated alkanes) is 2. The van der Waals surface area contributed by atoms with Crippen molar-refractivity contribution in [2.24, 2.45) is 0 Å². The molecular weight excluding hydrogens is 422 g/mol. The Balaban J connectivity index is 2.04. The van der Waals surface area contributed by atoms with E-state index in [1.807, 2.05) is 17.0 Å². The summed E-state index contributed by atoms with van der Waals surface area (Å²) in [6.45, 7) is 0.665. The van der Waals surface area contributed by atoms with E-state index in [2.05, 4.69) is 20.7 Å². The number of hydrogen-bond donors (Lipinski definition) is 0. The van der Waals surface area contributed by atoms with Crippen molar-refractivity contribution >= 4 is 39.6 Å². The predicted molar refractivity (Wildman–Crippen MR) is 105 cm³/mol. The molecule has 0 spiro atoms. The van der Waals surface area contributed by atoms with Crippen molar-refractivity contribution in [3.8, 4) is 11.5 Å². The van der Waals surface area contributed by atoms with Crippen LogP contribution in [0.3, 0.4) is 0 Å². The number of benzene rings is 1. The number of hydrogen-bond acceptors (Lipinski definition) is 6. The first kappa shape index (κ1) is 20.9. The van der Waals surface area contributed by atoms with E-state index in [1.165, 1.54) is 7.11 Å². The average molecular weight is 446 g/mol. The Morgan fingerprint density at radius 2 is 1.88 bits per heavy atom. The number of methoxy groups -OCH3 is 3. The molecule has 8 heteroatoms. The molecule has 6 nitrogen and oxygen atoms in total. The molecule has 1 heterocycles. The minimum atomic E-state index is -0.190. The Morgan fingerprint density at radius 3 is 2.54 bits per heavy atom. The lowest BCUT2D eigenvalue weighted by Crippen LogP contribution is -2.29. The number of halogens is 1. The Hall–Kier alpha value is -1.41. The van der Waals surface area contributed by atoms with E-state index >= 15 is 0 Å². The van der Waals surface area contributed by atoms with Crippen molar-refractivity contribution in [2.75, 3.05) is 33.6 Å². The van der Waals surface area contributed by atoms with Gasteiger partial charge in [0.05, 0.1) is 27.1 Å². The first-order chi connectivity index (χ1) is 12.5. The molecule has 2 rings (SSSR count). The maximum atomic E-state index is 12.3. The molecule has 0 aromatic heterocycles. The van der Waals surface area contributed by atoms with Crippen molar-refractivity contribution in [3.63, 3.8) is 0 Å². The third-order valence-electron chi connectivity index (χ3n) is 4.24. The molecule has 1 aromatic carbocycles. The summed E-state index contributed by atoms with van der Waals surface area (Å²) in [6.07, 6.45) is 2.92. The Morgan fingerprint density at radius 1 is 1.19 bits per heavy atom. The van der Waals surface area contributed by atoms with Gasteiger partial charge >= 0.3 is 5.97 Å². The van der Waals surface area contributed by atoms with Gasteiger partial charge in [0.15, 0.2) is 11.5 Å². The summed E-state index contributed by atoms with van der Waals surface area (Å²) in [5, 5.41) is -0.0581. The van der Waals surface area contributed by atoms with Crippen molar-refractivity contribution in [3.05, 3.63) is 22.2 Å². The summed E-state index contributed by atoms with van der Waals surface area (Å²) in [5.41, 5.74) is 0.994. The van der Waals surface area contributed by atoms with Crippen molar-refractivity contribution < 1.29 is 23.8 Å². The standard InChI is InChI=1S/C18H24BrNO5S/c1-23-14-9-12(13(19)10-15(14)24-2)18-20(16(21)11-26-18)8-6-4-5-7-17(22)25-3/h9-10,18H,4-8,11H2,1-3H3. The molecule has 1 amide bonds. The minimum absolute atomic E-state index is 0.0581. The van der Waals surface area contributed by atoms with Gasteiger partial charge in [-0.1, -0.05) is 22.4 Å². The molecule has 0 saturated carbocycles. The SMILES string of the molecule is COC(=O)CCCCCN1C(=O)CSC1c1cc(OC)c(OC)cc1Br. The van der Waals surface area contributed by atoms with E-state index in [0.29, 0.717) is 30.2 Å². The van der Waals surface area contributed by atoms with Crippen LogP contribution in [0, 0.1) is 0 Å². The molecule has 0 bridgehead atoms. The molecule has 0 aliphatic carbocycles. The van der Waals surface area contributed by atoms with Crippen molar-refractivity contribution in [1.82, 2.24) is 4.90 Å². The van der Waals surface area contributed by atoms with Crippen LogP contribution in [0.15, 0.2) is 16.6 Å². The highest BCUT2D eigenvalue weighted by atomic mass is 79.9. The van der Waals surface area contributed by atoms with Crippen LogP contribution in [0.1, 0.15) is 36.6 Å². The van der Waals surface area contributed by atoms with Crippen molar-refractivity contribution in [1.29, 1.82) is 0 Å². The quantitative estimate of drug-likeness (QED) is 0.425. The van der Waals surface area contributed by atoms with E-state index in [4.69, 9.17) is 9.47 Å². The van der Waals surface area contributed by atoms with Gasteiger partial charge in [-0.15, -0.1) is 11.8 Å². The molecular formula is C18H24BrNO5S. The number of nitrogens with zero attached hydrogens (tertiary/aromatic N) is 1. The molecule has 1 fully saturated rings. The zero-order valence-electron chi connectivity index (χ0n) is 15.2. The van der Waals surface area contributed by atoms with Crippen LogP contribution in [0.25, 0.3) is 0 Å². The van der Waals surface area contributed by atoms with Gasteiger partial charge in [0, 0.05) is 23.0 Å². The highest BCUT2D eigenvalue weighted by Crippen LogP contribution is 2.45. The van der Waals surface area contributed by atoms with Gasteiger partial charge in [0.25, 0.3) is 0 Å². The Labute approximate surface area is 166 Å². The van der Waals surface area contributed by atoms with Gasteiger partial charge in [0.1, 0.15) is 5.37 Å². The average Bonchev–Trinajstić information content (AvgIpc) is 3.01. The number of ether oxygens (including phenoxy) is 3. The van der Waals surface area contributed by atoms with Crippen molar-refractivity contribution in [2.45, 2.75) is 31.1 Å². The summed E-state index contributed by atoms with van der Waals surface area (Å²) >= 11 is 5.19. The normalized spacial score (nSPS) is 16.7. The summed E-state index contributed by atoms with van der Waals surface area (Å²) in [5.74, 6) is 1.70. The highest BCUT2D eigenvalue weighted by molar-refractivity contribution is 9.10. The molecule has 1 aliphatic heterocycles. The summed E-state index contributed by atoms with van der Waals surface area (Å²) in [6, 6.07) is 3.79. The fourth-order valence-electron chi connectivity index (χ4n) is 2.84. The maximum Gasteiger partial charge on any atom is 0.305 e. The fourth-order valence-corrected chi connectivity index (χ4v) is 4.78. The minimum Gasteiger partial charge on any atom is -0.493 e. The largest absolute Gasteiger partial charge is 0.493 e. The molecule has 0 N–H and O–H groups in total. The first-order valence-corrected chi connectivity index (χ1v) is 10.2. The molecule has 1 saturated heterocycles. The number of rotatable bonds is 9. The second kappa shape index (κ2) is 10.1. The third kappa shape index (κ3) is 5.07. The monoisotopic (exact) mass is 445 g/mol.